The summed E-state index contributed by atoms with van der Waals surface area (Å²) >= 11 is 0. The first-order chi connectivity index (χ1) is 11.0. The quantitative estimate of drug-likeness (QED) is 0.820. The predicted octanol–water partition coefficient (Wildman–Crippen LogP) is 2.16. The molecule has 0 saturated carbocycles. The Morgan fingerprint density at radius 2 is 2.17 bits per heavy atom. The normalized spacial score (nSPS) is 13.3. The zero-order valence-electron chi connectivity index (χ0n) is 13.3. The van der Waals surface area contributed by atoms with Crippen molar-refractivity contribution in [1.82, 2.24) is 14.9 Å². The van der Waals surface area contributed by atoms with E-state index in [4.69, 9.17) is 0 Å². The SMILES string of the molecule is CCC(C)[C@H](NC(=O)c1cccc(Cn2ccnc2)c1)C(=O)O. The minimum absolute atomic E-state index is 0.134. The van der Waals surface area contributed by atoms with Gasteiger partial charge >= 0.3 is 5.97 Å². The van der Waals surface area contributed by atoms with Gasteiger partial charge in [-0.25, -0.2) is 9.78 Å². The molecule has 2 rings (SSSR count). The summed E-state index contributed by atoms with van der Waals surface area (Å²) < 4.78 is 1.90. The van der Waals surface area contributed by atoms with Crippen molar-refractivity contribution in [2.75, 3.05) is 0 Å². The molecule has 0 spiro atoms. The highest BCUT2D eigenvalue weighted by atomic mass is 16.4. The number of carboxylic acid groups (broad SMARTS) is 1. The second-order valence-electron chi connectivity index (χ2n) is 5.61. The Bertz CT molecular complexity index is 667. The van der Waals surface area contributed by atoms with Gasteiger partial charge < -0.3 is 15.0 Å². The number of hydrogen-bond acceptors (Lipinski definition) is 3. The van der Waals surface area contributed by atoms with Gasteiger partial charge in [-0.3, -0.25) is 4.79 Å². The number of hydrogen-bond donors (Lipinski definition) is 2. The number of nitrogens with zero attached hydrogens (tertiary/aromatic N) is 2. The molecule has 1 heterocycles. The summed E-state index contributed by atoms with van der Waals surface area (Å²) in [5.74, 6) is -1.52. The molecule has 1 aromatic heterocycles. The van der Waals surface area contributed by atoms with E-state index in [-0.39, 0.29) is 11.8 Å². The van der Waals surface area contributed by atoms with Gasteiger partial charge in [0.1, 0.15) is 6.04 Å². The van der Waals surface area contributed by atoms with Gasteiger partial charge in [-0.15, -0.1) is 0 Å². The molecule has 0 radical (unpaired) electrons. The molecule has 2 aromatic rings. The summed E-state index contributed by atoms with van der Waals surface area (Å²) in [5.41, 5.74) is 1.41. The number of rotatable bonds is 7. The summed E-state index contributed by atoms with van der Waals surface area (Å²) in [4.78, 5) is 27.6. The van der Waals surface area contributed by atoms with Crippen LogP contribution < -0.4 is 5.32 Å². The number of carbonyl (C=O) groups excluding carboxylic acids is 1. The van der Waals surface area contributed by atoms with Crippen LogP contribution in [0, 0.1) is 5.92 Å². The van der Waals surface area contributed by atoms with E-state index >= 15 is 0 Å². The van der Waals surface area contributed by atoms with Gasteiger partial charge in [-0.2, -0.15) is 0 Å². The monoisotopic (exact) mass is 315 g/mol. The number of carboxylic acids is 1. The fourth-order valence-electron chi connectivity index (χ4n) is 2.31. The smallest absolute Gasteiger partial charge is 0.326 e. The zero-order chi connectivity index (χ0) is 16.8. The zero-order valence-corrected chi connectivity index (χ0v) is 13.3. The van der Waals surface area contributed by atoms with Crippen molar-refractivity contribution in [3.8, 4) is 0 Å². The number of aliphatic carboxylic acids is 1. The highest BCUT2D eigenvalue weighted by Gasteiger charge is 2.25. The molecule has 122 valence electrons. The minimum atomic E-state index is -1.01. The van der Waals surface area contributed by atoms with Crippen LogP contribution in [0.4, 0.5) is 0 Å². The van der Waals surface area contributed by atoms with E-state index in [0.717, 1.165) is 5.56 Å². The van der Waals surface area contributed by atoms with Crippen molar-refractivity contribution in [2.24, 2.45) is 5.92 Å². The predicted molar refractivity (Wildman–Crippen MR) is 86.1 cm³/mol. The molecule has 2 N–H and O–H groups in total. The fourth-order valence-corrected chi connectivity index (χ4v) is 2.31. The minimum Gasteiger partial charge on any atom is -0.480 e. The van der Waals surface area contributed by atoms with Crippen molar-refractivity contribution in [3.63, 3.8) is 0 Å². The molecule has 0 aliphatic heterocycles. The molecule has 6 nitrogen and oxygen atoms in total. The summed E-state index contributed by atoms with van der Waals surface area (Å²) in [7, 11) is 0. The van der Waals surface area contributed by atoms with Crippen LogP contribution in [0.15, 0.2) is 43.0 Å². The third kappa shape index (κ3) is 4.42. The molecule has 6 heteroatoms. The van der Waals surface area contributed by atoms with E-state index in [9.17, 15) is 14.7 Å². The average Bonchev–Trinajstić information content (AvgIpc) is 3.04. The van der Waals surface area contributed by atoms with Gasteiger partial charge in [0.05, 0.1) is 6.33 Å². The molecule has 0 aliphatic rings. The van der Waals surface area contributed by atoms with E-state index in [1.165, 1.54) is 0 Å². The van der Waals surface area contributed by atoms with Crippen molar-refractivity contribution in [1.29, 1.82) is 0 Å². The molecule has 0 bridgehead atoms. The van der Waals surface area contributed by atoms with Crippen molar-refractivity contribution >= 4 is 11.9 Å². The summed E-state index contributed by atoms with van der Waals surface area (Å²) in [6, 6.07) is 6.28. The van der Waals surface area contributed by atoms with Gasteiger partial charge in [0.15, 0.2) is 0 Å². The van der Waals surface area contributed by atoms with Crippen LogP contribution in [0.1, 0.15) is 36.2 Å². The standard InChI is InChI=1S/C17H21N3O3/c1-3-12(2)15(17(22)23)19-16(21)14-6-4-5-13(9-14)10-20-8-7-18-11-20/h4-9,11-12,15H,3,10H2,1-2H3,(H,19,21)(H,22,23)/t12?,15-/m0/s1. The molecule has 2 atom stereocenters. The van der Waals surface area contributed by atoms with Crippen molar-refractivity contribution in [3.05, 3.63) is 54.1 Å². The Morgan fingerprint density at radius 1 is 1.39 bits per heavy atom. The Morgan fingerprint density at radius 3 is 2.78 bits per heavy atom. The lowest BCUT2D eigenvalue weighted by atomic mass is 9.98. The van der Waals surface area contributed by atoms with Gasteiger partial charge in [-0.1, -0.05) is 32.4 Å². The molecule has 0 aliphatic carbocycles. The van der Waals surface area contributed by atoms with E-state index in [1.807, 2.05) is 30.7 Å². The molecule has 1 unspecified atom stereocenters. The average molecular weight is 315 g/mol. The molecule has 0 fully saturated rings. The van der Waals surface area contributed by atoms with Crippen LogP contribution >= 0.6 is 0 Å². The maximum atomic E-state index is 12.3. The summed E-state index contributed by atoms with van der Waals surface area (Å²) in [5, 5.41) is 11.9. The number of aromatic nitrogens is 2. The van der Waals surface area contributed by atoms with Crippen LogP contribution in [0.3, 0.4) is 0 Å². The maximum absolute atomic E-state index is 12.3. The van der Waals surface area contributed by atoms with Crippen molar-refractivity contribution < 1.29 is 14.7 Å². The lowest BCUT2D eigenvalue weighted by Gasteiger charge is -2.20. The van der Waals surface area contributed by atoms with E-state index < -0.39 is 12.0 Å². The van der Waals surface area contributed by atoms with Crippen LogP contribution in [0.5, 0.6) is 0 Å². The summed E-state index contributed by atoms with van der Waals surface area (Å²) in [6.07, 6.45) is 5.92. The topological polar surface area (TPSA) is 84.2 Å². The van der Waals surface area contributed by atoms with Crippen molar-refractivity contribution in [2.45, 2.75) is 32.9 Å². The highest BCUT2D eigenvalue weighted by Crippen LogP contribution is 2.11. The Kier molecular flexibility index (Phi) is 5.51. The van der Waals surface area contributed by atoms with Crippen LogP contribution in [-0.2, 0) is 11.3 Å². The van der Waals surface area contributed by atoms with Crippen LogP contribution in [-0.4, -0.2) is 32.6 Å². The lowest BCUT2D eigenvalue weighted by molar-refractivity contribution is -0.140. The molecule has 0 saturated heterocycles. The van der Waals surface area contributed by atoms with Gasteiger partial charge in [0.2, 0.25) is 0 Å². The maximum Gasteiger partial charge on any atom is 0.326 e. The number of imidazole rings is 1. The highest BCUT2D eigenvalue weighted by molar-refractivity contribution is 5.96. The Hall–Kier alpha value is -2.63. The van der Waals surface area contributed by atoms with Gasteiger partial charge in [0, 0.05) is 24.5 Å². The van der Waals surface area contributed by atoms with Crippen LogP contribution in [0.25, 0.3) is 0 Å². The molecule has 23 heavy (non-hydrogen) atoms. The Balaban J connectivity index is 2.11. The first-order valence-electron chi connectivity index (χ1n) is 7.59. The second-order valence-corrected chi connectivity index (χ2v) is 5.61. The molecule has 1 amide bonds. The van der Waals surface area contributed by atoms with Gasteiger partial charge in [0.25, 0.3) is 5.91 Å². The number of amides is 1. The van der Waals surface area contributed by atoms with Gasteiger partial charge in [-0.05, 0) is 23.6 Å². The molecule has 1 aromatic carbocycles. The number of carbonyl (C=O) groups is 2. The number of nitrogens with one attached hydrogen (secondary N) is 1. The Labute approximate surface area is 135 Å². The van der Waals surface area contributed by atoms with Crippen LogP contribution in [0.2, 0.25) is 0 Å². The first-order valence-corrected chi connectivity index (χ1v) is 7.59. The third-order valence-corrected chi connectivity index (χ3v) is 3.88. The lowest BCUT2D eigenvalue weighted by Crippen LogP contribution is -2.45. The second kappa shape index (κ2) is 7.58. The van der Waals surface area contributed by atoms with E-state index in [0.29, 0.717) is 18.5 Å². The third-order valence-electron chi connectivity index (χ3n) is 3.88. The molecular weight excluding hydrogens is 294 g/mol. The largest absolute Gasteiger partial charge is 0.480 e. The fraction of sp³-hybridized carbons (Fsp3) is 0.353. The summed E-state index contributed by atoms with van der Waals surface area (Å²) in [6.45, 7) is 4.32. The first kappa shape index (κ1) is 16.7. The number of benzene rings is 1. The molecular formula is C17H21N3O3. The van der Waals surface area contributed by atoms with E-state index in [2.05, 4.69) is 10.3 Å². The van der Waals surface area contributed by atoms with E-state index in [1.54, 1.807) is 30.7 Å².